The van der Waals surface area contributed by atoms with E-state index in [9.17, 15) is 18.0 Å². The number of carbonyl (C=O) groups excluding carboxylic acids is 1. The van der Waals surface area contributed by atoms with Gasteiger partial charge in [-0.2, -0.15) is 4.31 Å². The summed E-state index contributed by atoms with van der Waals surface area (Å²) < 4.78 is 25.9. The first kappa shape index (κ1) is 14.0. The van der Waals surface area contributed by atoms with Gasteiger partial charge in [0.1, 0.15) is 0 Å². The van der Waals surface area contributed by atoms with E-state index in [0.29, 0.717) is 11.3 Å². The second-order valence-electron chi connectivity index (χ2n) is 5.28. The molecule has 1 saturated heterocycles. The summed E-state index contributed by atoms with van der Waals surface area (Å²) in [5, 5.41) is 8.81. The Morgan fingerprint density at radius 1 is 1.33 bits per heavy atom. The maximum atomic E-state index is 12.4. The summed E-state index contributed by atoms with van der Waals surface area (Å²) in [5.74, 6) is -1.70. The van der Waals surface area contributed by atoms with Gasteiger partial charge in [-0.1, -0.05) is 0 Å². The van der Waals surface area contributed by atoms with Crippen LogP contribution in [-0.2, 0) is 26.0 Å². The molecule has 3 rings (SSSR count). The summed E-state index contributed by atoms with van der Waals surface area (Å²) in [7, 11) is -2.04. The third-order valence-electron chi connectivity index (χ3n) is 3.96. The average molecular weight is 310 g/mol. The third-order valence-corrected chi connectivity index (χ3v) is 5.79. The van der Waals surface area contributed by atoms with Gasteiger partial charge < -0.3 is 10.0 Å². The van der Waals surface area contributed by atoms with Gasteiger partial charge in [0.05, 0.1) is 17.2 Å². The number of nitrogens with zero attached hydrogens (tertiary/aromatic N) is 2. The summed E-state index contributed by atoms with van der Waals surface area (Å²) in [4.78, 5) is 24.0. The highest BCUT2D eigenvalue weighted by Gasteiger charge is 2.41. The number of likely N-dealkylation sites (N-methyl/N-ethyl adjacent to an activating group) is 1. The van der Waals surface area contributed by atoms with Crippen molar-refractivity contribution in [1.29, 1.82) is 0 Å². The molecule has 2 aliphatic rings. The van der Waals surface area contributed by atoms with Crippen LogP contribution in [0.5, 0.6) is 0 Å². The smallest absolute Gasteiger partial charge is 0.309 e. The Balaban J connectivity index is 1.87. The first-order valence-corrected chi connectivity index (χ1v) is 7.87. The fourth-order valence-corrected chi connectivity index (χ4v) is 4.13. The lowest BCUT2D eigenvalue weighted by Gasteiger charge is -2.35. The number of carboxylic acid groups (broad SMARTS) is 1. The highest BCUT2D eigenvalue weighted by Crippen LogP contribution is 2.32. The molecular formula is C13H14N2O5S. The number of sulfonamides is 1. The molecule has 2 heterocycles. The zero-order valence-corrected chi connectivity index (χ0v) is 12.1. The van der Waals surface area contributed by atoms with E-state index in [-0.39, 0.29) is 30.3 Å². The van der Waals surface area contributed by atoms with Crippen molar-refractivity contribution < 1.29 is 23.1 Å². The number of rotatable bonds is 3. The van der Waals surface area contributed by atoms with Crippen LogP contribution in [0.15, 0.2) is 23.1 Å². The molecule has 1 aromatic rings. The molecule has 0 unspecified atom stereocenters. The van der Waals surface area contributed by atoms with Crippen molar-refractivity contribution in [1.82, 2.24) is 4.31 Å². The zero-order chi connectivity index (χ0) is 15.4. The van der Waals surface area contributed by atoms with E-state index in [1.165, 1.54) is 17.0 Å². The number of amides is 1. The van der Waals surface area contributed by atoms with Crippen LogP contribution in [0, 0.1) is 5.92 Å². The standard InChI is InChI=1S/C13H14N2O5S/c1-14-11-3-2-10(4-8(11)5-12(14)16)21(19,20)15-6-9(7-15)13(17)18/h2-4,9H,5-7H2,1H3,(H,17,18). The molecule has 7 nitrogen and oxygen atoms in total. The minimum Gasteiger partial charge on any atom is -0.481 e. The van der Waals surface area contributed by atoms with Crippen molar-refractivity contribution in [2.24, 2.45) is 5.92 Å². The molecule has 0 atom stereocenters. The highest BCUT2D eigenvalue weighted by atomic mass is 32.2. The number of hydrogen-bond acceptors (Lipinski definition) is 4. The van der Waals surface area contributed by atoms with Crippen LogP contribution >= 0.6 is 0 Å². The van der Waals surface area contributed by atoms with Gasteiger partial charge in [0, 0.05) is 25.8 Å². The van der Waals surface area contributed by atoms with Gasteiger partial charge in [0.15, 0.2) is 0 Å². The quantitative estimate of drug-likeness (QED) is 0.842. The molecule has 1 aromatic carbocycles. The molecule has 0 bridgehead atoms. The lowest BCUT2D eigenvalue weighted by atomic mass is 10.0. The molecule has 1 fully saturated rings. The number of carbonyl (C=O) groups is 2. The normalized spacial score (nSPS) is 19.5. The molecule has 0 radical (unpaired) electrons. The van der Waals surface area contributed by atoms with Crippen LogP contribution in [0.3, 0.4) is 0 Å². The van der Waals surface area contributed by atoms with Crippen molar-refractivity contribution in [3.63, 3.8) is 0 Å². The molecule has 2 aliphatic heterocycles. The summed E-state index contributed by atoms with van der Waals surface area (Å²) in [5.41, 5.74) is 1.39. The lowest BCUT2D eigenvalue weighted by Crippen LogP contribution is -2.52. The van der Waals surface area contributed by atoms with E-state index in [1.807, 2.05) is 0 Å². The van der Waals surface area contributed by atoms with Crippen LogP contribution in [0.4, 0.5) is 5.69 Å². The highest BCUT2D eigenvalue weighted by molar-refractivity contribution is 7.89. The van der Waals surface area contributed by atoms with Crippen LogP contribution in [0.25, 0.3) is 0 Å². The molecule has 0 saturated carbocycles. The average Bonchev–Trinajstić information content (AvgIpc) is 2.62. The van der Waals surface area contributed by atoms with E-state index in [2.05, 4.69) is 0 Å². The minimum atomic E-state index is -3.69. The van der Waals surface area contributed by atoms with E-state index in [0.717, 1.165) is 4.31 Å². The molecule has 112 valence electrons. The number of fused-ring (bicyclic) bond motifs is 1. The van der Waals surface area contributed by atoms with Gasteiger partial charge >= 0.3 is 5.97 Å². The fourth-order valence-electron chi connectivity index (χ4n) is 2.55. The van der Waals surface area contributed by atoms with Crippen molar-refractivity contribution in [3.8, 4) is 0 Å². The van der Waals surface area contributed by atoms with Crippen LogP contribution < -0.4 is 4.90 Å². The first-order valence-electron chi connectivity index (χ1n) is 6.43. The van der Waals surface area contributed by atoms with Gasteiger partial charge in [-0.3, -0.25) is 9.59 Å². The van der Waals surface area contributed by atoms with Crippen molar-refractivity contribution in [2.75, 3.05) is 25.0 Å². The van der Waals surface area contributed by atoms with E-state index in [1.54, 1.807) is 13.1 Å². The summed E-state index contributed by atoms with van der Waals surface area (Å²) in [6.45, 7) is -0.0127. The molecule has 0 spiro atoms. The second-order valence-corrected chi connectivity index (χ2v) is 7.22. The van der Waals surface area contributed by atoms with E-state index < -0.39 is 21.9 Å². The lowest BCUT2D eigenvalue weighted by molar-refractivity contribution is -0.145. The minimum absolute atomic E-state index is 0.00636. The SMILES string of the molecule is CN1C(=O)Cc2cc(S(=O)(=O)N3CC(C(=O)O)C3)ccc21. The van der Waals surface area contributed by atoms with Crippen molar-refractivity contribution in [2.45, 2.75) is 11.3 Å². The molecular weight excluding hydrogens is 296 g/mol. The van der Waals surface area contributed by atoms with Crippen molar-refractivity contribution >= 4 is 27.6 Å². The maximum Gasteiger partial charge on any atom is 0.309 e. The molecule has 0 aromatic heterocycles. The van der Waals surface area contributed by atoms with Crippen LogP contribution in [-0.4, -0.2) is 49.8 Å². The molecule has 1 N–H and O–H groups in total. The Morgan fingerprint density at radius 3 is 2.62 bits per heavy atom. The third kappa shape index (κ3) is 2.11. The Kier molecular flexibility index (Phi) is 3.03. The zero-order valence-electron chi connectivity index (χ0n) is 11.3. The van der Waals surface area contributed by atoms with Crippen molar-refractivity contribution in [3.05, 3.63) is 23.8 Å². The Morgan fingerprint density at radius 2 is 2.00 bits per heavy atom. The van der Waals surface area contributed by atoms with E-state index >= 15 is 0 Å². The van der Waals surface area contributed by atoms with E-state index in [4.69, 9.17) is 5.11 Å². The molecule has 1 amide bonds. The summed E-state index contributed by atoms with van der Waals surface area (Å²) >= 11 is 0. The Hall–Kier alpha value is -1.93. The van der Waals surface area contributed by atoms with Crippen LogP contribution in [0.2, 0.25) is 0 Å². The maximum absolute atomic E-state index is 12.4. The monoisotopic (exact) mass is 310 g/mol. The molecule has 0 aliphatic carbocycles. The number of hydrogen-bond donors (Lipinski definition) is 1. The first-order chi connectivity index (χ1) is 9.80. The number of anilines is 1. The van der Waals surface area contributed by atoms with Gasteiger partial charge in [0.25, 0.3) is 0 Å². The predicted octanol–water partition coefficient (Wildman–Crippen LogP) is -0.0894. The van der Waals surface area contributed by atoms with Gasteiger partial charge in [-0.25, -0.2) is 8.42 Å². The van der Waals surface area contributed by atoms with Gasteiger partial charge in [-0.05, 0) is 23.8 Å². The molecule has 21 heavy (non-hydrogen) atoms. The summed E-state index contributed by atoms with van der Waals surface area (Å²) in [6.07, 6.45) is 0.187. The van der Waals surface area contributed by atoms with Gasteiger partial charge in [0.2, 0.25) is 15.9 Å². The number of aliphatic carboxylic acids is 1. The topological polar surface area (TPSA) is 95.0 Å². The predicted molar refractivity (Wildman–Crippen MR) is 73.4 cm³/mol. The second kappa shape index (κ2) is 4.54. The molecule has 8 heteroatoms. The fraction of sp³-hybridized carbons (Fsp3) is 0.385. The Bertz CT molecular complexity index is 737. The van der Waals surface area contributed by atoms with Gasteiger partial charge in [-0.15, -0.1) is 0 Å². The number of benzene rings is 1. The Labute approximate surface area is 121 Å². The largest absolute Gasteiger partial charge is 0.481 e. The number of carboxylic acids is 1. The summed E-state index contributed by atoms with van der Waals surface area (Å²) in [6, 6.07) is 4.57. The van der Waals surface area contributed by atoms with Crippen LogP contribution in [0.1, 0.15) is 5.56 Å².